The van der Waals surface area contributed by atoms with E-state index < -0.39 is 5.91 Å². The number of hydrogen-bond donors (Lipinski definition) is 1. The van der Waals surface area contributed by atoms with Gasteiger partial charge in [0.15, 0.2) is 16.8 Å². The Morgan fingerprint density at radius 2 is 2.12 bits per heavy atom. The van der Waals surface area contributed by atoms with Gasteiger partial charge in [0, 0.05) is 6.07 Å². The Hall–Kier alpha value is -3.48. The highest BCUT2D eigenvalue weighted by atomic mass is 16.3. The Kier molecular flexibility index (Phi) is 3.53. The standard InChI is InChI=1S/C18H14N4O3/c1-11-5-6-13-14(23)8-16(25-15(13)7-11)18(24)19-9-12-3-2-4-17-20-10-21-22(12)17/h2-8,10H,9H2,1H3,(H,19,24). The van der Waals surface area contributed by atoms with Crippen molar-refractivity contribution in [3.8, 4) is 0 Å². The highest BCUT2D eigenvalue weighted by Gasteiger charge is 2.13. The van der Waals surface area contributed by atoms with E-state index in [0.29, 0.717) is 16.6 Å². The van der Waals surface area contributed by atoms with Crippen LogP contribution in [-0.2, 0) is 6.54 Å². The first-order valence-electron chi connectivity index (χ1n) is 7.72. The van der Waals surface area contributed by atoms with E-state index in [9.17, 15) is 9.59 Å². The van der Waals surface area contributed by atoms with Gasteiger partial charge in [0.2, 0.25) is 0 Å². The van der Waals surface area contributed by atoms with Gasteiger partial charge in [0.05, 0.1) is 17.6 Å². The number of carbonyl (C=O) groups is 1. The molecule has 0 saturated heterocycles. The molecule has 0 aliphatic heterocycles. The monoisotopic (exact) mass is 334 g/mol. The number of carbonyl (C=O) groups excluding carboxylic acids is 1. The third-order valence-corrected chi connectivity index (χ3v) is 3.92. The molecule has 1 aromatic carbocycles. The van der Waals surface area contributed by atoms with Crippen LogP contribution < -0.4 is 10.7 Å². The van der Waals surface area contributed by atoms with Crippen molar-refractivity contribution in [3.05, 3.63) is 76.0 Å². The largest absolute Gasteiger partial charge is 0.451 e. The van der Waals surface area contributed by atoms with Crippen LogP contribution in [0.4, 0.5) is 0 Å². The number of pyridine rings is 1. The van der Waals surface area contributed by atoms with Crippen LogP contribution >= 0.6 is 0 Å². The summed E-state index contributed by atoms with van der Waals surface area (Å²) in [5.41, 5.74) is 2.56. The van der Waals surface area contributed by atoms with Gasteiger partial charge in [-0.1, -0.05) is 12.1 Å². The Labute approximate surface area is 141 Å². The fourth-order valence-corrected chi connectivity index (χ4v) is 2.67. The fraction of sp³-hybridized carbons (Fsp3) is 0.111. The molecule has 4 rings (SSSR count). The number of nitrogens with zero attached hydrogens (tertiary/aromatic N) is 3. The quantitative estimate of drug-likeness (QED) is 0.619. The smallest absolute Gasteiger partial charge is 0.287 e. The zero-order valence-electron chi connectivity index (χ0n) is 13.4. The Morgan fingerprint density at radius 1 is 1.24 bits per heavy atom. The summed E-state index contributed by atoms with van der Waals surface area (Å²) >= 11 is 0. The van der Waals surface area contributed by atoms with Crippen molar-refractivity contribution < 1.29 is 9.21 Å². The zero-order valence-corrected chi connectivity index (χ0v) is 13.4. The van der Waals surface area contributed by atoms with Crippen molar-refractivity contribution in [2.24, 2.45) is 0 Å². The first-order valence-corrected chi connectivity index (χ1v) is 7.72. The summed E-state index contributed by atoms with van der Waals surface area (Å²) in [6, 6.07) is 12.0. The van der Waals surface area contributed by atoms with E-state index in [1.807, 2.05) is 31.2 Å². The molecule has 0 bridgehead atoms. The Balaban J connectivity index is 1.62. The van der Waals surface area contributed by atoms with E-state index in [-0.39, 0.29) is 17.7 Å². The van der Waals surface area contributed by atoms with E-state index >= 15 is 0 Å². The second-order valence-electron chi connectivity index (χ2n) is 5.70. The maximum absolute atomic E-state index is 12.4. The highest BCUT2D eigenvalue weighted by Crippen LogP contribution is 2.14. The first kappa shape index (κ1) is 15.1. The minimum Gasteiger partial charge on any atom is -0.451 e. The van der Waals surface area contributed by atoms with Crippen LogP contribution in [0.3, 0.4) is 0 Å². The Bertz CT molecular complexity index is 1160. The van der Waals surface area contributed by atoms with Crippen molar-refractivity contribution in [3.63, 3.8) is 0 Å². The van der Waals surface area contributed by atoms with Crippen LogP contribution in [0, 0.1) is 6.92 Å². The molecular weight excluding hydrogens is 320 g/mol. The van der Waals surface area contributed by atoms with E-state index in [1.54, 1.807) is 16.6 Å². The zero-order chi connectivity index (χ0) is 17.4. The molecule has 7 heteroatoms. The summed E-state index contributed by atoms with van der Waals surface area (Å²) in [6.07, 6.45) is 1.45. The second kappa shape index (κ2) is 5.86. The molecule has 1 N–H and O–H groups in total. The first-order chi connectivity index (χ1) is 12.1. The molecule has 0 fully saturated rings. The van der Waals surface area contributed by atoms with Gasteiger partial charge in [-0.25, -0.2) is 9.50 Å². The lowest BCUT2D eigenvalue weighted by molar-refractivity contribution is 0.0923. The van der Waals surface area contributed by atoms with Gasteiger partial charge >= 0.3 is 0 Å². The predicted molar refractivity (Wildman–Crippen MR) is 91.4 cm³/mol. The number of benzene rings is 1. The minimum absolute atomic E-state index is 0.0196. The van der Waals surface area contributed by atoms with Crippen LogP contribution in [0.5, 0.6) is 0 Å². The molecule has 7 nitrogen and oxygen atoms in total. The maximum Gasteiger partial charge on any atom is 0.287 e. The summed E-state index contributed by atoms with van der Waals surface area (Å²) < 4.78 is 7.24. The number of hydrogen-bond acceptors (Lipinski definition) is 5. The molecule has 0 unspecified atom stereocenters. The molecule has 0 radical (unpaired) electrons. The summed E-state index contributed by atoms with van der Waals surface area (Å²) in [6.45, 7) is 2.13. The van der Waals surface area contributed by atoms with Gasteiger partial charge in [-0.15, -0.1) is 0 Å². The van der Waals surface area contributed by atoms with Crippen molar-refractivity contribution in [1.29, 1.82) is 0 Å². The molecule has 1 amide bonds. The average Bonchev–Trinajstić information content (AvgIpc) is 3.08. The molecule has 0 atom stereocenters. The lowest BCUT2D eigenvalue weighted by Crippen LogP contribution is -2.25. The number of amides is 1. The number of fused-ring (bicyclic) bond motifs is 2. The lowest BCUT2D eigenvalue weighted by Gasteiger charge is -2.07. The van der Waals surface area contributed by atoms with Crippen LogP contribution in [0.2, 0.25) is 0 Å². The number of rotatable bonds is 3. The normalized spacial score (nSPS) is 11.1. The van der Waals surface area contributed by atoms with Gasteiger partial charge in [-0.2, -0.15) is 5.10 Å². The summed E-state index contributed by atoms with van der Waals surface area (Å²) in [5, 5.41) is 7.31. The van der Waals surface area contributed by atoms with Crippen molar-refractivity contribution >= 4 is 22.5 Å². The molecule has 124 valence electrons. The highest BCUT2D eigenvalue weighted by molar-refractivity contribution is 5.93. The molecule has 0 spiro atoms. The van der Waals surface area contributed by atoms with Crippen LogP contribution in [0.15, 0.2) is 58.0 Å². The molecular formula is C18H14N4O3. The predicted octanol–water partition coefficient (Wildman–Crippen LogP) is 2.07. The van der Waals surface area contributed by atoms with Crippen molar-refractivity contribution in [1.82, 2.24) is 19.9 Å². The van der Waals surface area contributed by atoms with Crippen molar-refractivity contribution in [2.45, 2.75) is 13.5 Å². The van der Waals surface area contributed by atoms with Gasteiger partial charge in [0.1, 0.15) is 11.9 Å². The van der Waals surface area contributed by atoms with E-state index in [0.717, 1.165) is 11.3 Å². The molecule has 3 aromatic heterocycles. The van der Waals surface area contributed by atoms with Crippen LogP contribution in [0.1, 0.15) is 21.8 Å². The molecule has 4 aromatic rings. The van der Waals surface area contributed by atoms with Crippen molar-refractivity contribution in [2.75, 3.05) is 0 Å². The fourth-order valence-electron chi connectivity index (χ4n) is 2.67. The van der Waals surface area contributed by atoms with E-state index in [1.165, 1.54) is 12.4 Å². The SMILES string of the molecule is Cc1ccc2c(=O)cc(C(=O)NCc3cccc4ncnn34)oc2c1. The third-order valence-electron chi connectivity index (χ3n) is 3.92. The van der Waals surface area contributed by atoms with Gasteiger partial charge in [0.25, 0.3) is 5.91 Å². The van der Waals surface area contributed by atoms with Crippen LogP contribution in [-0.4, -0.2) is 20.5 Å². The number of aromatic nitrogens is 3. The van der Waals surface area contributed by atoms with Crippen LogP contribution in [0.25, 0.3) is 16.6 Å². The van der Waals surface area contributed by atoms with E-state index in [2.05, 4.69) is 15.4 Å². The summed E-state index contributed by atoms with van der Waals surface area (Å²) in [5.74, 6) is -0.480. The van der Waals surface area contributed by atoms with Gasteiger partial charge in [-0.3, -0.25) is 9.59 Å². The average molecular weight is 334 g/mol. The second-order valence-corrected chi connectivity index (χ2v) is 5.70. The number of nitrogens with one attached hydrogen (secondary N) is 1. The molecule has 0 saturated carbocycles. The van der Waals surface area contributed by atoms with Gasteiger partial charge in [-0.05, 0) is 36.8 Å². The molecule has 25 heavy (non-hydrogen) atoms. The van der Waals surface area contributed by atoms with Gasteiger partial charge < -0.3 is 9.73 Å². The molecule has 0 aliphatic carbocycles. The van der Waals surface area contributed by atoms with E-state index in [4.69, 9.17) is 4.42 Å². The summed E-state index contributed by atoms with van der Waals surface area (Å²) in [7, 11) is 0. The third kappa shape index (κ3) is 2.76. The maximum atomic E-state index is 12.4. The Morgan fingerprint density at radius 3 is 3.00 bits per heavy atom. The molecule has 3 heterocycles. The number of aryl methyl sites for hydroxylation is 1. The topological polar surface area (TPSA) is 89.5 Å². The molecule has 0 aliphatic rings. The minimum atomic E-state index is -0.461. The summed E-state index contributed by atoms with van der Waals surface area (Å²) in [4.78, 5) is 28.6. The lowest BCUT2D eigenvalue weighted by atomic mass is 10.1.